The molecule has 1 aliphatic carbocycles. The summed E-state index contributed by atoms with van der Waals surface area (Å²) in [6.07, 6.45) is 7.21. The third-order valence-electron chi connectivity index (χ3n) is 7.07. The zero-order valence-corrected chi connectivity index (χ0v) is 18.8. The number of aryl methyl sites for hydroxylation is 1. The summed E-state index contributed by atoms with van der Waals surface area (Å²) in [5, 5.41) is 5.73. The Balaban J connectivity index is 1.25. The fourth-order valence-corrected chi connectivity index (χ4v) is 5.38. The molecule has 1 unspecified atom stereocenters. The molecule has 4 amide bonds. The normalized spacial score (nSPS) is 22.7. The van der Waals surface area contributed by atoms with E-state index in [0.29, 0.717) is 12.1 Å². The number of urea groups is 1. The molecule has 33 heavy (non-hydrogen) atoms. The minimum atomic E-state index is -1.05. The second kappa shape index (κ2) is 8.89. The van der Waals surface area contributed by atoms with Gasteiger partial charge in [-0.05, 0) is 67.5 Å². The molecule has 2 heterocycles. The summed E-state index contributed by atoms with van der Waals surface area (Å²) in [5.74, 6) is -0.728. The average molecular weight is 447 g/mol. The second-order valence-electron chi connectivity index (χ2n) is 9.23. The lowest BCUT2D eigenvalue weighted by Crippen LogP contribution is -2.47. The largest absolute Gasteiger partial charge is 0.372 e. The average Bonchev–Trinajstić information content (AvgIpc) is 3.01. The lowest BCUT2D eigenvalue weighted by Gasteiger charge is -2.33. The molecular weight excluding hydrogens is 416 g/mol. The van der Waals surface area contributed by atoms with E-state index in [0.717, 1.165) is 47.6 Å². The summed E-state index contributed by atoms with van der Waals surface area (Å²) in [7, 11) is 0. The first-order valence-corrected chi connectivity index (χ1v) is 11.9. The zero-order valence-electron chi connectivity index (χ0n) is 18.8. The van der Waals surface area contributed by atoms with Crippen molar-refractivity contribution >= 4 is 29.2 Å². The van der Waals surface area contributed by atoms with Crippen LogP contribution in [0.1, 0.15) is 49.7 Å². The molecule has 0 saturated carbocycles. The first-order valence-electron chi connectivity index (χ1n) is 11.9. The number of imide groups is 1. The topological polar surface area (TPSA) is 81.8 Å². The molecule has 0 bridgehead atoms. The number of anilines is 2. The highest BCUT2D eigenvalue weighted by molar-refractivity contribution is 6.10. The highest BCUT2D eigenvalue weighted by atomic mass is 16.2. The van der Waals surface area contributed by atoms with E-state index >= 15 is 0 Å². The van der Waals surface area contributed by atoms with Gasteiger partial charge in [-0.15, -0.1) is 0 Å². The number of hydrogen-bond acceptors (Lipinski definition) is 4. The van der Waals surface area contributed by atoms with Gasteiger partial charge >= 0.3 is 6.03 Å². The fraction of sp³-hybridized carbons (Fsp3) is 0.423. The Kier molecular flexibility index (Phi) is 5.79. The van der Waals surface area contributed by atoms with Crippen molar-refractivity contribution in [3.05, 3.63) is 59.7 Å². The number of nitrogens with zero attached hydrogens (tertiary/aromatic N) is 2. The van der Waals surface area contributed by atoms with E-state index in [-0.39, 0.29) is 18.4 Å². The van der Waals surface area contributed by atoms with Crippen LogP contribution in [0.25, 0.3) is 0 Å². The van der Waals surface area contributed by atoms with Gasteiger partial charge in [0, 0.05) is 24.5 Å². The molecule has 2 aliphatic heterocycles. The van der Waals surface area contributed by atoms with E-state index in [4.69, 9.17) is 0 Å². The van der Waals surface area contributed by atoms with Crippen molar-refractivity contribution in [1.29, 1.82) is 0 Å². The van der Waals surface area contributed by atoms with Crippen molar-refractivity contribution in [3.8, 4) is 0 Å². The molecule has 1 atom stereocenters. The van der Waals surface area contributed by atoms with Crippen LogP contribution in [0.2, 0.25) is 0 Å². The Bertz CT molecular complexity index is 1060. The third kappa shape index (κ3) is 4.08. The molecule has 0 aromatic heterocycles. The van der Waals surface area contributed by atoms with Gasteiger partial charge in [-0.25, -0.2) is 4.79 Å². The van der Waals surface area contributed by atoms with Crippen molar-refractivity contribution in [1.82, 2.24) is 10.2 Å². The van der Waals surface area contributed by atoms with E-state index in [1.54, 1.807) is 0 Å². The maximum atomic E-state index is 13.3. The fourth-order valence-electron chi connectivity index (χ4n) is 5.38. The van der Waals surface area contributed by atoms with Crippen molar-refractivity contribution in [2.45, 2.75) is 50.5 Å². The molecule has 7 nitrogen and oxygen atoms in total. The number of rotatable bonds is 4. The molecule has 2 saturated heterocycles. The molecule has 0 radical (unpaired) electrons. The number of benzene rings is 2. The summed E-state index contributed by atoms with van der Waals surface area (Å²) in [6, 6.07) is 15.0. The Morgan fingerprint density at radius 2 is 1.67 bits per heavy atom. The molecule has 3 aliphatic rings. The molecule has 5 rings (SSSR count). The first-order chi connectivity index (χ1) is 16.1. The van der Waals surface area contributed by atoms with Gasteiger partial charge in [-0.3, -0.25) is 14.5 Å². The van der Waals surface area contributed by atoms with Crippen LogP contribution in [-0.4, -0.2) is 42.4 Å². The molecular formula is C26H30N4O3. The quantitative estimate of drug-likeness (QED) is 0.700. The smallest absolute Gasteiger partial charge is 0.325 e. The van der Waals surface area contributed by atoms with Gasteiger partial charge in [0.25, 0.3) is 5.91 Å². The van der Waals surface area contributed by atoms with Crippen molar-refractivity contribution in [2.24, 2.45) is 0 Å². The molecule has 2 aromatic rings. The van der Waals surface area contributed by atoms with Crippen LogP contribution in [0.3, 0.4) is 0 Å². The van der Waals surface area contributed by atoms with Crippen LogP contribution in [0.15, 0.2) is 48.5 Å². The Hall–Kier alpha value is -3.35. The summed E-state index contributed by atoms with van der Waals surface area (Å²) in [5.41, 5.74) is 2.68. The van der Waals surface area contributed by atoms with Crippen LogP contribution in [-0.2, 0) is 21.5 Å². The van der Waals surface area contributed by atoms with Gasteiger partial charge in [0.1, 0.15) is 12.1 Å². The summed E-state index contributed by atoms with van der Waals surface area (Å²) in [6.45, 7) is 1.81. The minimum absolute atomic E-state index is 0.303. The van der Waals surface area contributed by atoms with Gasteiger partial charge in [-0.2, -0.15) is 0 Å². The van der Waals surface area contributed by atoms with Gasteiger partial charge in [0.15, 0.2) is 0 Å². The van der Waals surface area contributed by atoms with E-state index in [2.05, 4.69) is 15.5 Å². The van der Waals surface area contributed by atoms with Crippen LogP contribution in [0, 0.1) is 0 Å². The highest BCUT2D eigenvalue weighted by Crippen LogP contribution is 2.39. The molecule has 172 valence electrons. The Morgan fingerprint density at radius 1 is 0.939 bits per heavy atom. The summed E-state index contributed by atoms with van der Waals surface area (Å²) >= 11 is 0. The number of amides is 4. The van der Waals surface area contributed by atoms with Crippen LogP contribution >= 0.6 is 0 Å². The van der Waals surface area contributed by atoms with Crippen molar-refractivity contribution in [2.75, 3.05) is 29.9 Å². The Morgan fingerprint density at radius 3 is 2.42 bits per heavy atom. The number of hydrogen-bond donors (Lipinski definition) is 2. The zero-order chi connectivity index (χ0) is 22.8. The Labute approximate surface area is 194 Å². The monoisotopic (exact) mass is 446 g/mol. The van der Waals surface area contributed by atoms with Gasteiger partial charge in [0.2, 0.25) is 5.91 Å². The van der Waals surface area contributed by atoms with Crippen LogP contribution < -0.4 is 15.5 Å². The van der Waals surface area contributed by atoms with Crippen molar-refractivity contribution < 1.29 is 14.4 Å². The molecule has 2 aromatic carbocycles. The van der Waals surface area contributed by atoms with Crippen LogP contribution in [0.4, 0.5) is 16.2 Å². The van der Waals surface area contributed by atoms with Gasteiger partial charge < -0.3 is 15.5 Å². The highest BCUT2D eigenvalue weighted by Gasteiger charge is 2.54. The lowest BCUT2D eigenvalue weighted by atomic mass is 9.76. The lowest BCUT2D eigenvalue weighted by molar-refractivity contribution is -0.134. The van der Waals surface area contributed by atoms with E-state index in [9.17, 15) is 14.4 Å². The van der Waals surface area contributed by atoms with E-state index in [1.807, 2.05) is 48.5 Å². The maximum absolute atomic E-state index is 13.3. The minimum Gasteiger partial charge on any atom is -0.372 e. The molecule has 2 N–H and O–H groups in total. The maximum Gasteiger partial charge on any atom is 0.325 e. The molecule has 1 spiro atoms. The molecule has 2 fully saturated rings. The summed E-state index contributed by atoms with van der Waals surface area (Å²) in [4.78, 5) is 42.2. The van der Waals surface area contributed by atoms with E-state index < -0.39 is 11.6 Å². The third-order valence-corrected chi connectivity index (χ3v) is 7.07. The summed E-state index contributed by atoms with van der Waals surface area (Å²) < 4.78 is 0. The van der Waals surface area contributed by atoms with Gasteiger partial charge in [0.05, 0.1) is 0 Å². The predicted molar refractivity (Wildman–Crippen MR) is 127 cm³/mol. The number of carbonyl (C=O) groups excluding carboxylic acids is 3. The van der Waals surface area contributed by atoms with Crippen LogP contribution in [0.5, 0.6) is 0 Å². The first kappa shape index (κ1) is 21.5. The predicted octanol–water partition coefficient (Wildman–Crippen LogP) is 3.79. The van der Waals surface area contributed by atoms with E-state index in [1.165, 1.54) is 25.7 Å². The SMILES string of the molecule is O=C(CN1C(=O)NC2(CCCc3ccccc32)C1=O)Nc1ccc(N2CCCCCC2)cc1. The number of carbonyl (C=O) groups is 3. The second-order valence-corrected chi connectivity index (χ2v) is 9.23. The van der Waals surface area contributed by atoms with Crippen molar-refractivity contribution in [3.63, 3.8) is 0 Å². The number of nitrogens with one attached hydrogen (secondary N) is 2. The standard InChI is InChI=1S/C26H30N4O3/c31-23(27-20-11-13-21(14-12-20)29-16-5-1-2-6-17-29)18-30-24(32)26(28-25(30)33)15-7-9-19-8-3-4-10-22(19)26/h3-4,8,10-14H,1-2,5-7,9,15-18H2,(H,27,31)(H,28,33). The number of fused-ring (bicyclic) bond motifs is 2. The van der Waals surface area contributed by atoms with Gasteiger partial charge in [-0.1, -0.05) is 37.1 Å². The molecule has 7 heteroatoms.